The molecule has 0 saturated carbocycles. The molecule has 2 nitrogen and oxygen atoms in total. The first-order valence-corrected chi connectivity index (χ1v) is 6.01. The monoisotopic (exact) mass is 210 g/mol. The minimum absolute atomic E-state index is 0.292. The summed E-state index contributed by atoms with van der Waals surface area (Å²) < 4.78 is 1.04. The molecule has 86 valence electrons. The predicted molar refractivity (Wildman–Crippen MR) is 63.7 cm³/mol. The molecule has 0 aromatic rings. The molecular weight excluding hydrogens is 186 g/mol. The van der Waals surface area contributed by atoms with Gasteiger partial charge in [-0.3, -0.25) is 4.79 Å². The van der Waals surface area contributed by atoms with E-state index in [0.29, 0.717) is 18.2 Å². The van der Waals surface area contributed by atoms with Gasteiger partial charge in [-0.25, -0.2) is 0 Å². The molecule has 1 aliphatic heterocycles. The maximum absolute atomic E-state index is 11.5. The Morgan fingerprint density at radius 1 is 1.40 bits per heavy atom. The Hall–Kier alpha value is -0.630. The van der Waals surface area contributed by atoms with Crippen LogP contribution in [0.4, 0.5) is 0 Å². The van der Waals surface area contributed by atoms with Gasteiger partial charge in [0, 0.05) is 12.8 Å². The summed E-state index contributed by atoms with van der Waals surface area (Å²) in [6.45, 7) is 5.12. The average molecular weight is 210 g/mol. The van der Waals surface area contributed by atoms with Gasteiger partial charge in [-0.15, -0.1) is 0 Å². The highest BCUT2D eigenvalue weighted by atomic mass is 16.1. The summed E-state index contributed by atoms with van der Waals surface area (Å²) in [5.41, 5.74) is 0.954. The fraction of sp³-hybridized carbons (Fsp3) is 0.769. The van der Waals surface area contributed by atoms with Crippen molar-refractivity contribution in [3.8, 4) is 0 Å². The van der Waals surface area contributed by atoms with Crippen LogP contribution in [0.2, 0.25) is 0 Å². The highest BCUT2D eigenvalue weighted by molar-refractivity contribution is 5.94. The second-order valence-corrected chi connectivity index (χ2v) is 5.19. The number of ketones is 1. The van der Waals surface area contributed by atoms with Gasteiger partial charge >= 0.3 is 0 Å². The van der Waals surface area contributed by atoms with Crippen LogP contribution in [-0.4, -0.2) is 36.9 Å². The number of likely N-dealkylation sites (N-methyl/N-ethyl adjacent to an activating group) is 1. The van der Waals surface area contributed by atoms with E-state index in [9.17, 15) is 4.79 Å². The van der Waals surface area contributed by atoms with Gasteiger partial charge in [0.2, 0.25) is 0 Å². The highest BCUT2D eigenvalue weighted by Crippen LogP contribution is 2.23. The molecule has 2 heteroatoms. The molecular formula is C13H24NO+. The van der Waals surface area contributed by atoms with Crippen molar-refractivity contribution in [2.45, 2.75) is 45.6 Å². The zero-order chi connectivity index (χ0) is 11.5. The third kappa shape index (κ3) is 3.16. The summed E-state index contributed by atoms with van der Waals surface area (Å²) in [7, 11) is 4.54. The Balaban J connectivity index is 2.74. The summed E-state index contributed by atoms with van der Waals surface area (Å²) in [5.74, 6) is 0.292. The standard InChI is InChI=1S/C13H24NO/c1-5-13(15)11(2)10-12-8-6-7-9-14(12,3)4/h10,12H,5-9H2,1-4H3/q+1/b11-10+. The number of carbonyl (C=O) groups excluding carboxylic acids is 1. The molecule has 1 fully saturated rings. The molecule has 1 heterocycles. The third-order valence-corrected chi connectivity index (χ3v) is 3.59. The van der Waals surface area contributed by atoms with Crippen LogP contribution >= 0.6 is 0 Å². The second-order valence-electron chi connectivity index (χ2n) is 5.19. The molecule has 15 heavy (non-hydrogen) atoms. The molecule has 0 bridgehead atoms. The fourth-order valence-corrected chi connectivity index (χ4v) is 2.33. The lowest BCUT2D eigenvalue weighted by Crippen LogP contribution is -2.51. The Morgan fingerprint density at radius 2 is 2.07 bits per heavy atom. The van der Waals surface area contributed by atoms with Crippen LogP contribution in [-0.2, 0) is 4.79 Å². The molecule has 0 radical (unpaired) electrons. The quantitative estimate of drug-likeness (QED) is 0.517. The van der Waals surface area contributed by atoms with E-state index in [2.05, 4.69) is 20.2 Å². The maximum Gasteiger partial charge on any atom is 0.158 e. The van der Waals surface area contributed by atoms with E-state index >= 15 is 0 Å². The number of hydrogen-bond acceptors (Lipinski definition) is 1. The molecule has 0 aromatic heterocycles. The van der Waals surface area contributed by atoms with E-state index in [4.69, 9.17) is 0 Å². The number of piperidine rings is 1. The van der Waals surface area contributed by atoms with Crippen LogP contribution in [0, 0.1) is 0 Å². The van der Waals surface area contributed by atoms with E-state index < -0.39 is 0 Å². The van der Waals surface area contributed by atoms with Crippen LogP contribution in [0.25, 0.3) is 0 Å². The largest absolute Gasteiger partial charge is 0.323 e. The van der Waals surface area contributed by atoms with E-state index in [-0.39, 0.29) is 0 Å². The number of Topliss-reactive ketones (excluding diaryl/α,β-unsaturated/α-hetero) is 1. The van der Waals surface area contributed by atoms with Crippen LogP contribution in [0.5, 0.6) is 0 Å². The zero-order valence-electron chi connectivity index (χ0n) is 10.5. The average Bonchev–Trinajstić information content (AvgIpc) is 2.19. The maximum atomic E-state index is 11.5. The number of hydrogen-bond donors (Lipinski definition) is 0. The fourth-order valence-electron chi connectivity index (χ4n) is 2.33. The molecule has 1 saturated heterocycles. The van der Waals surface area contributed by atoms with Gasteiger partial charge in [0.05, 0.1) is 20.6 Å². The first kappa shape index (κ1) is 12.4. The van der Waals surface area contributed by atoms with Crippen molar-refractivity contribution < 1.29 is 9.28 Å². The van der Waals surface area contributed by atoms with Gasteiger partial charge in [0.15, 0.2) is 5.78 Å². The van der Waals surface area contributed by atoms with Crippen LogP contribution in [0.1, 0.15) is 39.5 Å². The van der Waals surface area contributed by atoms with Crippen molar-refractivity contribution in [1.82, 2.24) is 0 Å². The lowest BCUT2D eigenvalue weighted by atomic mass is 9.97. The Morgan fingerprint density at radius 3 is 2.60 bits per heavy atom. The lowest BCUT2D eigenvalue weighted by molar-refractivity contribution is -0.913. The molecule has 0 aliphatic carbocycles. The SMILES string of the molecule is CCC(=O)/C(C)=C/C1CCCC[N+]1(C)C. The van der Waals surface area contributed by atoms with Gasteiger partial charge < -0.3 is 4.48 Å². The topological polar surface area (TPSA) is 17.1 Å². The highest BCUT2D eigenvalue weighted by Gasteiger charge is 2.29. The molecule has 0 aromatic carbocycles. The molecule has 1 rings (SSSR count). The molecule has 0 spiro atoms. The molecule has 1 atom stereocenters. The van der Waals surface area contributed by atoms with E-state index in [1.807, 2.05) is 13.8 Å². The van der Waals surface area contributed by atoms with Gasteiger partial charge in [0.1, 0.15) is 6.04 Å². The van der Waals surface area contributed by atoms with Crippen molar-refractivity contribution >= 4 is 5.78 Å². The van der Waals surface area contributed by atoms with Crippen LogP contribution < -0.4 is 0 Å². The summed E-state index contributed by atoms with van der Waals surface area (Å²) in [6.07, 6.45) is 6.67. The summed E-state index contributed by atoms with van der Waals surface area (Å²) in [5, 5.41) is 0. The van der Waals surface area contributed by atoms with Gasteiger partial charge in [-0.05, 0) is 31.4 Å². The van der Waals surface area contributed by atoms with Gasteiger partial charge in [-0.1, -0.05) is 6.92 Å². The summed E-state index contributed by atoms with van der Waals surface area (Å²) in [4.78, 5) is 11.5. The lowest BCUT2D eigenvalue weighted by Gasteiger charge is -2.40. The molecule has 1 unspecified atom stereocenters. The van der Waals surface area contributed by atoms with E-state index in [0.717, 1.165) is 10.1 Å². The number of nitrogens with zero attached hydrogens (tertiary/aromatic N) is 1. The molecule has 1 aliphatic rings. The summed E-state index contributed by atoms with van der Waals surface area (Å²) >= 11 is 0. The third-order valence-electron chi connectivity index (χ3n) is 3.59. The minimum Gasteiger partial charge on any atom is -0.323 e. The first-order valence-electron chi connectivity index (χ1n) is 6.01. The smallest absolute Gasteiger partial charge is 0.158 e. The van der Waals surface area contributed by atoms with Crippen molar-refractivity contribution in [2.24, 2.45) is 0 Å². The van der Waals surface area contributed by atoms with Crippen LogP contribution in [0.3, 0.4) is 0 Å². The molecule has 0 amide bonds. The number of likely N-dealkylation sites (tertiary alicyclic amines) is 1. The Labute approximate surface area is 93.6 Å². The van der Waals surface area contributed by atoms with Crippen LogP contribution in [0.15, 0.2) is 11.6 Å². The van der Waals surface area contributed by atoms with Crippen molar-refractivity contribution in [1.29, 1.82) is 0 Å². The number of allylic oxidation sites excluding steroid dienone is 1. The van der Waals surface area contributed by atoms with E-state index in [1.54, 1.807) is 0 Å². The molecule has 0 N–H and O–H groups in total. The van der Waals surface area contributed by atoms with Crippen molar-refractivity contribution in [3.05, 3.63) is 11.6 Å². The predicted octanol–water partition coefficient (Wildman–Crippen LogP) is 2.54. The zero-order valence-corrected chi connectivity index (χ0v) is 10.5. The Kier molecular flexibility index (Phi) is 4.09. The number of quaternary nitrogens is 1. The van der Waals surface area contributed by atoms with Crippen molar-refractivity contribution in [3.63, 3.8) is 0 Å². The van der Waals surface area contributed by atoms with E-state index in [1.165, 1.54) is 25.8 Å². The summed E-state index contributed by atoms with van der Waals surface area (Å²) in [6, 6.07) is 0.536. The second kappa shape index (κ2) is 4.93. The van der Waals surface area contributed by atoms with Gasteiger partial charge in [0.25, 0.3) is 0 Å². The first-order chi connectivity index (χ1) is 6.97. The van der Waals surface area contributed by atoms with Gasteiger partial charge in [-0.2, -0.15) is 0 Å². The minimum atomic E-state index is 0.292. The van der Waals surface area contributed by atoms with Crippen molar-refractivity contribution in [2.75, 3.05) is 20.6 Å². The number of rotatable bonds is 3. The Bertz CT molecular complexity index is 266. The normalized spacial score (nSPS) is 26.4. The number of carbonyl (C=O) groups is 1.